The molecule has 126 valence electrons. The number of ether oxygens (including phenoxy) is 2. The standard InChI is InChI=1S/C18H20N2O3S/c1-2-22-12-13-23-16-11-7-6-10-15(16)17(21)20-18(24)19-14-8-4-3-5-9-14/h3-11H,2,12-13H2,1H3,(H2,19,20,21,24). The average molecular weight is 344 g/mol. The second kappa shape index (κ2) is 9.64. The first-order valence-electron chi connectivity index (χ1n) is 7.67. The summed E-state index contributed by atoms with van der Waals surface area (Å²) in [5.74, 6) is 0.174. The molecule has 0 radical (unpaired) electrons. The summed E-state index contributed by atoms with van der Waals surface area (Å²) >= 11 is 5.17. The molecular formula is C18H20N2O3S. The molecule has 2 N–H and O–H groups in total. The molecule has 0 fully saturated rings. The maximum Gasteiger partial charge on any atom is 0.261 e. The number of hydrogen-bond acceptors (Lipinski definition) is 4. The lowest BCUT2D eigenvalue weighted by atomic mass is 10.2. The Bertz CT molecular complexity index is 677. The zero-order valence-corrected chi connectivity index (χ0v) is 14.3. The molecule has 2 rings (SSSR count). The Labute approximate surface area is 147 Å². The number of anilines is 1. The third-order valence-electron chi connectivity index (χ3n) is 3.08. The van der Waals surface area contributed by atoms with Gasteiger partial charge in [-0.2, -0.15) is 0 Å². The fourth-order valence-electron chi connectivity index (χ4n) is 1.99. The summed E-state index contributed by atoms with van der Waals surface area (Å²) in [5.41, 5.74) is 1.23. The highest BCUT2D eigenvalue weighted by Gasteiger charge is 2.13. The van der Waals surface area contributed by atoms with Crippen LogP contribution in [0.4, 0.5) is 5.69 Å². The van der Waals surface area contributed by atoms with Crippen molar-refractivity contribution in [3.63, 3.8) is 0 Å². The van der Waals surface area contributed by atoms with E-state index in [0.29, 0.717) is 31.1 Å². The number of carbonyl (C=O) groups is 1. The first-order valence-corrected chi connectivity index (χ1v) is 8.08. The van der Waals surface area contributed by atoms with Crippen LogP contribution in [0.1, 0.15) is 17.3 Å². The molecule has 0 saturated carbocycles. The van der Waals surface area contributed by atoms with Crippen LogP contribution in [0, 0.1) is 0 Å². The molecule has 0 aliphatic heterocycles. The van der Waals surface area contributed by atoms with E-state index in [1.807, 2.05) is 43.3 Å². The van der Waals surface area contributed by atoms with Gasteiger partial charge in [-0.05, 0) is 43.4 Å². The van der Waals surface area contributed by atoms with Gasteiger partial charge >= 0.3 is 0 Å². The Balaban J connectivity index is 1.95. The molecule has 24 heavy (non-hydrogen) atoms. The van der Waals surface area contributed by atoms with Crippen molar-refractivity contribution in [1.29, 1.82) is 0 Å². The summed E-state index contributed by atoms with van der Waals surface area (Å²) in [4.78, 5) is 12.4. The van der Waals surface area contributed by atoms with E-state index in [1.165, 1.54) is 0 Å². The molecular weight excluding hydrogens is 324 g/mol. The van der Waals surface area contributed by atoms with E-state index in [-0.39, 0.29) is 11.0 Å². The first kappa shape index (κ1) is 17.9. The van der Waals surface area contributed by atoms with Gasteiger partial charge in [-0.3, -0.25) is 10.1 Å². The van der Waals surface area contributed by atoms with E-state index in [2.05, 4.69) is 10.6 Å². The summed E-state index contributed by atoms with van der Waals surface area (Å²) in [5, 5.41) is 5.85. The SMILES string of the molecule is CCOCCOc1ccccc1C(=O)NC(=S)Nc1ccccc1. The minimum atomic E-state index is -0.324. The molecule has 0 atom stereocenters. The zero-order valence-electron chi connectivity index (χ0n) is 13.5. The summed E-state index contributed by atoms with van der Waals surface area (Å²) in [6, 6.07) is 16.4. The largest absolute Gasteiger partial charge is 0.490 e. The van der Waals surface area contributed by atoms with E-state index in [1.54, 1.807) is 18.2 Å². The zero-order chi connectivity index (χ0) is 17.2. The van der Waals surface area contributed by atoms with Crippen LogP contribution in [0.25, 0.3) is 0 Å². The van der Waals surface area contributed by atoms with Crippen molar-refractivity contribution in [2.45, 2.75) is 6.92 Å². The summed E-state index contributed by atoms with van der Waals surface area (Å²) in [6.07, 6.45) is 0. The van der Waals surface area contributed by atoms with Gasteiger partial charge in [-0.15, -0.1) is 0 Å². The molecule has 0 saturated heterocycles. The van der Waals surface area contributed by atoms with E-state index in [4.69, 9.17) is 21.7 Å². The maximum absolute atomic E-state index is 12.4. The molecule has 0 spiro atoms. The van der Waals surface area contributed by atoms with Gasteiger partial charge in [-0.1, -0.05) is 30.3 Å². The van der Waals surface area contributed by atoms with E-state index >= 15 is 0 Å². The molecule has 0 aromatic heterocycles. The maximum atomic E-state index is 12.4. The number of amides is 1. The Morgan fingerprint density at radius 3 is 2.50 bits per heavy atom. The average Bonchev–Trinajstić information content (AvgIpc) is 2.60. The van der Waals surface area contributed by atoms with Gasteiger partial charge in [0.1, 0.15) is 12.4 Å². The topological polar surface area (TPSA) is 59.6 Å². The highest BCUT2D eigenvalue weighted by atomic mass is 32.1. The Hall–Kier alpha value is -2.44. The predicted octanol–water partition coefficient (Wildman–Crippen LogP) is 3.23. The molecule has 6 heteroatoms. The molecule has 0 aliphatic rings. The predicted molar refractivity (Wildman–Crippen MR) is 98.6 cm³/mol. The van der Waals surface area contributed by atoms with Crippen molar-refractivity contribution >= 4 is 28.9 Å². The fraction of sp³-hybridized carbons (Fsp3) is 0.222. The number of carbonyl (C=O) groups excluding carboxylic acids is 1. The minimum absolute atomic E-state index is 0.232. The smallest absolute Gasteiger partial charge is 0.261 e. The quantitative estimate of drug-likeness (QED) is 0.596. The number of rotatable bonds is 7. The lowest BCUT2D eigenvalue weighted by Gasteiger charge is -2.13. The normalized spacial score (nSPS) is 10.0. The summed E-state index contributed by atoms with van der Waals surface area (Å²) < 4.78 is 10.8. The third-order valence-corrected chi connectivity index (χ3v) is 3.28. The second-order valence-electron chi connectivity index (χ2n) is 4.82. The molecule has 1 amide bonds. The van der Waals surface area contributed by atoms with Crippen molar-refractivity contribution in [2.24, 2.45) is 0 Å². The van der Waals surface area contributed by atoms with Crippen LogP contribution in [0.5, 0.6) is 5.75 Å². The van der Waals surface area contributed by atoms with Crippen LogP contribution in [0.2, 0.25) is 0 Å². The number of hydrogen-bond donors (Lipinski definition) is 2. The van der Waals surface area contributed by atoms with Crippen molar-refractivity contribution in [3.05, 3.63) is 60.2 Å². The Morgan fingerprint density at radius 2 is 1.75 bits per heavy atom. The van der Waals surface area contributed by atoms with Gasteiger partial charge in [0.25, 0.3) is 5.91 Å². The molecule has 0 bridgehead atoms. The fourth-order valence-corrected chi connectivity index (χ4v) is 2.20. The molecule has 2 aromatic carbocycles. The number of benzene rings is 2. The van der Waals surface area contributed by atoms with Gasteiger partial charge in [0.15, 0.2) is 5.11 Å². The van der Waals surface area contributed by atoms with Crippen molar-refractivity contribution in [3.8, 4) is 5.75 Å². The Kier molecular flexibility index (Phi) is 7.20. The van der Waals surface area contributed by atoms with Crippen molar-refractivity contribution in [2.75, 3.05) is 25.1 Å². The van der Waals surface area contributed by atoms with Crippen LogP contribution in [-0.4, -0.2) is 30.8 Å². The third kappa shape index (κ3) is 5.64. The van der Waals surface area contributed by atoms with Crippen LogP contribution < -0.4 is 15.4 Å². The van der Waals surface area contributed by atoms with E-state index < -0.39 is 0 Å². The first-order chi connectivity index (χ1) is 11.7. The number of thiocarbonyl (C=S) groups is 1. The lowest BCUT2D eigenvalue weighted by molar-refractivity contribution is 0.0958. The highest BCUT2D eigenvalue weighted by molar-refractivity contribution is 7.80. The van der Waals surface area contributed by atoms with Crippen LogP contribution >= 0.6 is 12.2 Å². The van der Waals surface area contributed by atoms with Gasteiger partial charge in [0.2, 0.25) is 0 Å². The van der Waals surface area contributed by atoms with Gasteiger partial charge in [0.05, 0.1) is 12.2 Å². The van der Waals surface area contributed by atoms with Crippen LogP contribution in [-0.2, 0) is 4.74 Å². The highest BCUT2D eigenvalue weighted by Crippen LogP contribution is 2.17. The van der Waals surface area contributed by atoms with Gasteiger partial charge < -0.3 is 14.8 Å². The van der Waals surface area contributed by atoms with Crippen molar-refractivity contribution < 1.29 is 14.3 Å². The second-order valence-corrected chi connectivity index (χ2v) is 5.22. The summed E-state index contributed by atoms with van der Waals surface area (Å²) in [6.45, 7) is 3.40. The molecule has 5 nitrogen and oxygen atoms in total. The van der Waals surface area contributed by atoms with E-state index in [0.717, 1.165) is 5.69 Å². The van der Waals surface area contributed by atoms with E-state index in [9.17, 15) is 4.79 Å². The number of para-hydroxylation sites is 2. The van der Waals surface area contributed by atoms with Gasteiger partial charge in [0, 0.05) is 12.3 Å². The summed E-state index contributed by atoms with van der Waals surface area (Å²) in [7, 11) is 0. The molecule has 2 aromatic rings. The van der Waals surface area contributed by atoms with Gasteiger partial charge in [-0.25, -0.2) is 0 Å². The minimum Gasteiger partial charge on any atom is -0.490 e. The molecule has 0 unspecified atom stereocenters. The molecule has 0 heterocycles. The van der Waals surface area contributed by atoms with Crippen LogP contribution in [0.3, 0.4) is 0 Å². The Morgan fingerprint density at radius 1 is 1.04 bits per heavy atom. The number of nitrogens with one attached hydrogen (secondary N) is 2. The van der Waals surface area contributed by atoms with Crippen LogP contribution in [0.15, 0.2) is 54.6 Å². The van der Waals surface area contributed by atoms with Crippen molar-refractivity contribution in [1.82, 2.24) is 5.32 Å². The monoisotopic (exact) mass is 344 g/mol. The lowest BCUT2D eigenvalue weighted by Crippen LogP contribution is -2.34. The molecule has 0 aliphatic carbocycles.